The molecule has 29 heavy (non-hydrogen) atoms. The number of hydrogen-bond acceptors (Lipinski definition) is 5. The van der Waals surface area contributed by atoms with Crippen LogP contribution in [0.1, 0.15) is 12.5 Å². The molecule has 2 heterocycles. The molecule has 0 bridgehead atoms. The summed E-state index contributed by atoms with van der Waals surface area (Å²) in [5, 5.41) is 10.3. The fourth-order valence-corrected chi connectivity index (χ4v) is 4.82. The van der Waals surface area contributed by atoms with Crippen molar-refractivity contribution < 1.29 is 18.0 Å². The first-order chi connectivity index (χ1) is 13.7. The number of amides is 1. The summed E-state index contributed by atoms with van der Waals surface area (Å²) in [7, 11) is 0. The van der Waals surface area contributed by atoms with Crippen LogP contribution in [0.25, 0.3) is 15.2 Å². The molecule has 4 rings (SSSR count). The van der Waals surface area contributed by atoms with E-state index in [2.05, 4.69) is 15.5 Å². The number of carbonyl (C=O) groups is 1. The van der Waals surface area contributed by atoms with E-state index in [0.717, 1.165) is 22.3 Å². The number of thioether (sulfide) groups is 1. The van der Waals surface area contributed by atoms with E-state index in [4.69, 9.17) is 11.6 Å². The van der Waals surface area contributed by atoms with Gasteiger partial charge in [-0.1, -0.05) is 46.8 Å². The van der Waals surface area contributed by atoms with Crippen LogP contribution in [0.4, 0.5) is 18.9 Å². The van der Waals surface area contributed by atoms with E-state index in [1.807, 2.05) is 28.7 Å². The number of thiazole rings is 1. The van der Waals surface area contributed by atoms with Crippen molar-refractivity contribution >= 4 is 61.5 Å². The second-order valence-corrected chi connectivity index (χ2v) is 8.84. The third-order valence-electron chi connectivity index (χ3n) is 4.10. The number of carbonyl (C=O) groups excluding carboxylic acids is 1. The predicted molar refractivity (Wildman–Crippen MR) is 109 cm³/mol. The Bertz CT molecular complexity index is 1220. The van der Waals surface area contributed by atoms with Gasteiger partial charge in [0.05, 0.1) is 26.1 Å². The number of rotatable bonds is 4. The monoisotopic (exact) mass is 456 g/mol. The van der Waals surface area contributed by atoms with Crippen molar-refractivity contribution in [3.05, 3.63) is 53.1 Å². The van der Waals surface area contributed by atoms with Crippen molar-refractivity contribution in [1.82, 2.24) is 14.6 Å². The number of benzene rings is 2. The average Bonchev–Trinajstić information content (AvgIpc) is 3.22. The fourth-order valence-electron chi connectivity index (χ4n) is 2.71. The molecule has 0 aliphatic carbocycles. The summed E-state index contributed by atoms with van der Waals surface area (Å²) in [6.07, 6.45) is -4.61. The van der Waals surface area contributed by atoms with Gasteiger partial charge in [0, 0.05) is 5.69 Å². The van der Waals surface area contributed by atoms with E-state index in [0.29, 0.717) is 10.1 Å². The Morgan fingerprint density at radius 2 is 2.00 bits per heavy atom. The molecule has 1 N–H and O–H groups in total. The summed E-state index contributed by atoms with van der Waals surface area (Å²) in [4.78, 5) is 13.2. The lowest BCUT2D eigenvalue weighted by Crippen LogP contribution is -2.23. The average molecular weight is 457 g/mol. The first-order valence-electron chi connectivity index (χ1n) is 8.31. The first kappa shape index (κ1) is 20.0. The molecule has 0 spiro atoms. The van der Waals surface area contributed by atoms with Crippen LogP contribution in [0.5, 0.6) is 0 Å². The molecule has 4 aromatic rings. The van der Waals surface area contributed by atoms with Gasteiger partial charge in [0.2, 0.25) is 10.9 Å². The number of anilines is 1. The maximum atomic E-state index is 13.0. The molecular formula is C18H12ClF3N4OS2. The van der Waals surface area contributed by atoms with Crippen molar-refractivity contribution in [3.8, 4) is 0 Å². The molecule has 11 heteroatoms. The summed E-state index contributed by atoms with van der Waals surface area (Å²) < 4.78 is 41.9. The minimum atomic E-state index is -4.61. The Hall–Kier alpha value is -2.30. The number of fused-ring (bicyclic) bond motifs is 3. The second kappa shape index (κ2) is 7.51. The Morgan fingerprint density at radius 1 is 1.24 bits per heavy atom. The van der Waals surface area contributed by atoms with Crippen LogP contribution in [0, 0.1) is 0 Å². The molecule has 2 aromatic heterocycles. The van der Waals surface area contributed by atoms with Crippen molar-refractivity contribution in [2.24, 2.45) is 0 Å². The summed E-state index contributed by atoms with van der Waals surface area (Å²) in [6.45, 7) is 1.65. The number of alkyl halides is 3. The highest BCUT2D eigenvalue weighted by Crippen LogP contribution is 2.36. The molecule has 1 atom stereocenters. The van der Waals surface area contributed by atoms with Crippen LogP contribution < -0.4 is 5.32 Å². The molecule has 2 aromatic carbocycles. The van der Waals surface area contributed by atoms with Gasteiger partial charge in [-0.05, 0) is 37.3 Å². The summed E-state index contributed by atoms with van der Waals surface area (Å²) in [6, 6.07) is 11.0. The zero-order valence-corrected chi connectivity index (χ0v) is 17.1. The third-order valence-corrected chi connectivity index (χ3v) is 6.49. The van der Waals surface area contributed by atoms with E-state index in [9.17, 15) is 18.0 Å². The quantitative estimate of drug-likeness (QED) is 0.398. The molecule has 1 unspecified atom stereocenters. The SMILES string of the molecule is CC(Sc1nnc2sc3ccccc3n12)C(=O)Nc1ccc(Cl)c(C(F)(F)F)c1. The van der Waals surface area contributed by atoms with Gasteiger partial charge in [-0.25, -0.2) is 0 Å². The Kier molecular flexibility index (Phi) is 5.18. The summed E-state index contributed by atoms with van der Waals surface area (Å²) in [5.74, 6) is -0.457. The second-order valence-electron chi connectivity index (χ2n) is 6.11. The van der Waals surface area contributed by atoms with E-state index >= 15 is 0 Å². The molecule has 0 aliphatic heterocycles. The standard InChI is InChI=1S/C18H12ClF3N4OS2/c1-9(15(27)23-10-6-7-12(19)11(8-10)18(20,21)22)28-16-24-25-17-26(16)13-4-2-3-5-14(13)29-17/h2-9H,1H3,(H,23,27). The molecule has 1 amide bonds. The van der Waals surface area contributed by atoms with Crippen LogP contribution in [0.3, 0.4) is 0 Å². The summed E-state index contributed by atoms with van der Waals surface area (Å²) >= 11 is 8.27. The van der Waals surface area contributed by atoms with Crippen molar-refractivity contribution in [2.75, 3.05) is 5.32 Å². The number of halogens is 4. The number of nitrogens with one attached hydrogen (secondary N) is 1. The Balaban J connectivity index is 1.54. The number of aromatic nitrogens is 3. The van der Waals surface area contributed by atoms with Crippen molar-refractivity contribution in [3.63, 3.8) is 0 Å². The van der Waals surface area contributed by atoms with Crippen molar-refractivity contribution in [2.45, 2.75) is 23.5 Å². The molecule has 0 radical (unpaired) electrons. The maximum Gasteiger partial charge on any atom is 0.417 e. The van der Waals surface area contributed by atoms with Crippen molar-refractivity contribution in [1.29, 1.82) is 0 Å². The largest absolute Gasteiger partial charge is 0.417 e. The zero-order valence-electron chi connectivity index (χ0n) is 14.7. The minimum absolute atomic E-state index is 0.0200. The van der Waals surface area contributed by atoms with Gasteiger partial charge in [-0.2, -0.15) is 13.2 Å². The van der Waals surface area contributed by atoms with Gasteiger partial charge >= 0.3 is 6.18 Å². The van der Waals surface area contributed by atoms with Crippen LogP contribution in [0.15, 0.2) is 47.6 Å². The Morgan fingerprint density at radius 3 is 2.76 bits per heavy atom. The third kappa shape index (κ3) is 3.92. The van der Waals surface area contributed by atoms with Gasteiger partial charge in [0.25, 0.3) is 0 Å². The maximum absolute atomic E-state index is 13.0. The highest BCUT2D eigenvalue weighted by atomic mass is 35.5. The number of hydrogen-bond donors (Lipinski definition) is 1. The molecule has 0 aliphatic rings. The van der Waals surface area contributed by atoms with E-state index < -0.39 is 27.9 Å². The van der Waals surface area contributed by atoms with Crippen LogP contribution >= 0.6 is 34.7 Å². The van der Waals surface area contributed by atoms with Gasteiger partial charge in [-0.15, -0.1) is 10.2 Å². The predicted octanol–water partition coefficient (Wildman–Crippen LogP) is 5.74. The topological polar surface area (TPSA) is 59.3 Å². The first-order valence-corrected chi connectivity index (χ1v) is 10.4. The zero-order chi connectivity index (χ0) is 20.8. The van der Waals surface area contributed by atoms with Crippen LogP contribution in [0.2, 0.25) is 5.02 Å². The smallest absolute Gasteiger partial charge is 0.325 e. The molecule has 0 saturated heterocycles. The van der Waals surface area contributed by atoms with E-state index in [1.165, 1.54) is 29.2 Å². The van der Waals surface area contributed by atoms with Gasteiger partial charge in [-0.3, -0.25) is 9.20 Å². The van der Waals surface area contributed by atoms with Gasteiger partial charge in [0.1, 0.15) is 0 Å². The molecule has 5 nitrogen and oxygen atoms in total. The molecule has 0 fully saturated rings. The lowest BCUT2D eigenvalue weighted by Gasteiger charge is -2.14. The molecule has 0 saturated carbocycles. The fraction of sp³-hybridized carbons (Fsp3) is 0.167. The lowest BCUT2D eigenvalue weighted by molar-refractivity contribution is -0.137. The van der Waals surface area contributed by atoms with E-state index in [1.54, 1.807) is 6.92 Å². The van der Waals surface area contributed by atoms with E-state index in [-0.39, 0.29) is 5.69 Å². The number of para-hydroxylation sites is 1. The minimum Gasteiger partial charge on any atom is -0.325 e. The summed E-state index contributed by atoms with van der Waals surface area (Å²) in [5.41, 5.74) is -0.0483. The molecule has 150 valence electrons. The number of nitrogens with zero attached hydrogens (tertiary/aromatic N) is 3. The van der Waals surface area contributed by atoms with Crippen LogP contribution in [-0.4, -0.2) is 25.8 Å². The van der Waals surface area contributed by atoms with Gasteiger partial charge in [0.15, 0.2) is 5.16 Å². The molecular weight excluding hydrogens is 445 g/mol. The lowest BCUT2D eigenvalue weighted by atomic mass is 10.2. The highest BCUT2D eigenvalue weighted by Gasteiger charge is 2.33. The normalized spacial score (nSPS) is 13.1. The van der Waals surface area contributed by atoms with Gasteiger partial charge < -0.3 is 5.32 Å². The Labute approximate surface area is 175 Å². The highest BCUT2D eigenvalue weighted by molar-refractivity contribution is 8.00. The van der Waals surface area contributed by atoms with Crippen LogP contribution in [-0.2, 0) is 11.0 Å².